The van der Waals surface area contributed by atoms with Crippen LogP contribution in [0.25, 0.3) is 16.3 Å². The fourth-order valence-electron chi connectivity index (χ4n) is 2.88. The Balaban J connectivity index is 1.87. The quantitative estimate of drug-likeness (QED) is 0.718. The average Bonchev–Trinajstić information content (AvgIpc) is 2.56. The van der Waals surface area contributed by atoms with E-state index >= 15 is 0 Å². The van der Waals surface area contributed by atoms with Crippen LogP contribution in [-0.4, -0.2) is 5.11 Å². The molecule has 1 aliphatic heterocycles. The Hall–Kier alpha value is -2.65. The van der Waals surface area contributed by atoms with Crippen molar-refractivity contribution in [3.8, 4) is 5.75 Å². The normalized spacial score (nSPS) is 16.8. The number of ether oxygens (including phenoxy) is 1. The second kappa shape index (κ2) is 4.97. The molecular formula is C19H13FO2. The number of fused-ring (bicyclic) bond motifs is 3. The molecule has 0 aromatic heterocycles. The molecule has 0 bridgehead atoms. The lowest BCUT2D eigenvalue weighted by molar-refractivity contribution is 0.226. The molecule has 3 aromatic rings. The SMILES string of the molecule is OC1C(c2ccc(F)cc2)=COc2ccc3ccccc3c21. The summed E-state index contributed by atoms with van der Waals surface area (Å²) in [5, 5.41) is 12.8. The molecule has 1 heterocycles. The van der Waals surface area contributed by atoms with Gasteiger partial charge in [0.2, 0.25) is 0 Å². The molecule has 3 heteroatoms. The summed E-state index contributed by atoms with van der Waals surface area (Å²) < 4.78 is 18.8. The first-order chi connectivity index (χ1) is 10.7. The van der Waals surface area contributed by atoms with Gasteiger partial charge >= 0.3 is 0 Å². The highest BCUT2D eigenvalue weighted by Gasteiger charge is 2.26. The van der Waals surface area contributed by atoms with Crippen molar-refractivity contribution >= 4 is 16.3 Å². The van der Waals surface area contributed by atoms with Crippen molar-refractivity contribution in [3.63, 3.8) is 0 Å². The van der Waals surface area contributed by atoms with E-state index in [0.717, 1.165) is 21.9 Å². The molecule has 0 saturated heterocycles. The minimum atomic E-state index is -0.805. The smallest absolute Gasteiger partial charge is 0.133 e. The van der Waals surface area contributed by atoms with E-state index in [1.807, 2.05) is 36.4 Å². The van der Waals surface area contributed by atoms with Crippen LogP contribution in [0.4, 0.5) is 4.39 Å². The molecule has 0 amide bonds. The molecule has 3 aromatic carbocycles. The summed E-state index contributed by atoms with van der Waals surface area (Å²) in [5.41, 5.74) is 2.12. The maximum absolute atomic E-state index is 13.1. The van der Waals surface area contributed by atoms with Gasteiger partial charge in [0, 0.05) is 11.1 Å². The Morgan fingerprint density at radius 1 is 0.909 bits per heavy atom. The van der Waals surface area contributed by atoms with Crippen LogP contribution < -0.4 is 4.74 Å². The van der Waals surface area contributed by atoms with Crippen molar-refractivity contribution in [3.05, 3.63) is 83.9 Å². The molecule has 2 nitrogen and oxygen atoms in total. The number of aliphatic hydroxyl groups is 1. The number of halogens is 1. The first kappa shape index (κ1) is 13.0. The second-order valence-corrected chi connectivity index (χ2v) is 5.30. The second-order valence-electron chi connectivity index (χ2n) is 5.30. The van der Waals surface area contributed by atoms with Gasteiger partial charge in [-0.3, -0.25) is 0 Å². The topological polar surface area (TPSA) is 29.5 Å². The molecule has 22 heavy (non-hydrogen) atoms. The van der Waals surface area contributed by atoms with Gasteiger partial charge in [0.25, 0.3) is 0 Å². The molecule has 4 rings (SSSR count). The van der Waals surface area contributed by atoms with E-state index in [2.05, 4.69) is 0 Å². The van der Waals surface area contributed by atoms with Crippen molar-refractivity contribution in [2.45, 2.75) is 6.10 Å². The van der Waals surface area contributed by atoms with E-state index in [4.69, 9.17) is 4.74 Å². The lowest BCUT2D eigenvalue weighted by atomic mass is 9.90. The average molecular weight is 292 g/mol. The van der Waals surface area contributed by atoms with Gasteiger partial charge in [0.15, 0.2) is 0 Å². The standard InChI is InChI=1S/C19H13FO2/c20-14-8-5-13(6-9-14)16-11-22-17-10-7-12-3-1-2-4-15(12)18(17)19(16)21/h1-11,19,21H. The monoisotopic (exact) mass is 292 g/mol. The largest absolute Gasteiger partial charge is 0.464 e. The molecule has 0 spiro atoms. The molecule has 108 valence electrons. The van der Waals surface area contributed by atoms with Crippen LogP contribution >= 0.6 is 0 Å². The van der Waals surface area contributed by atoms with Gasteiger partial charge in [-0.15, -0.1) is 0 Å². The van der Waals surface area contributed by atoms with Gasteiger partial charge in [0.1, 0.15) is 17.7 Å². The summed E-state index contributed by atoms with van der Waals surface area (Å²) in [6.45, 7) is 0. The lowest BCUT2D eigenvalue weighted by Crippen LogP contribution is -2.10. The summed E-state index contributed by atoms with van der Waals surface area (Å²) in [5.74, 6) is 0.346. The highest BCUT2D eigenvalue weighted by molar-refractivity contribution is 5.91. The zero-order valence-corrected chi connectivity index (χ0v) is 11.7. The van der Waals surface area contributed by atoms with Crippen molar-refractivity contribution in [2.24, 2.45) is 0 Å². The van der Waals surface area contributed by atoms with Gasteiger partial charge in [-0.05, 0) is 34.5 Å². The fourth-order valence-corrected chi connectivity index (χ4v) is 2.88. The summed E-state index contributed by atoms with van der Waals surface area (Å²) in [7, 11) is 0. The Bertz CT molecular complexity index is 882. The Morgan fingerprint density at radius 3 is 2.50 bits per heavy atom. The van der Waals surface area contributed by atoms with Crippen molar-refractivity contribution < 1.29 is 14.2 Å². The van der Waals surface area contributed by atoms with E-state index < -0.39 is 6.10 Å². The third-order valence-corrected chi connectivity index (χ3v) is 3.99. The van der Waals surface area contributed by atoms with Crippen molar-refractivity contribution in [2.75, 3.05) is 0 Å². The van der Waals surface area contributed by atoms with Crippen LogP contribution in [0, 0.1) is 5.82 Å². The minimum absolute atomic E-state index is 0.304. The predicted molar refractivity (Wildman–Crippen MR) is 83.9 cm³/mol. The molecular weight excluding hydrogens is 279 g/mol. The summed E-state index contributed by atoms with van der Waals surface area (Å²) in [4.78, 5) is 0. The van der Waals surface area contributed by atoms with Crippen molar-refractivity contribution in [1.82, 2.24) is 0 Å². The number of rotatable bonds is 1. The van der Waals surface area contributed by atoms with Crippen LogP contribution in [-0.2, 0) is 0 Å². The first-order valence-electron chi connectivity index (χ1n) is 7.06. The molecule has 0 fully saturated rings. The number of benzene rings is 3. The van der Waals surface area contributed by atoms with Gasteiger partial charge in [-0.25, -0.2) is 4.39 Å². The number of aliphatic hydroxyl groups excluding tert-OH is 1. The maximum atomic E-state index is 13.1. The van der Waals surface area contributed by atoms with Crippen LogP contribution in [0.5, 0.6) is 5.75 Å². The van der Waals surface area contributed by atoms with E-state index in [1.54, 1.807) is 12.1 Å². The molecule has 1 N–H and O–H groups in total. The Kier molecular flexibility index (Phi) is 2.94. The molecule has 0 radical (unpaired) electrons. The van der Waals surface area contributed by atoms with Gasteiger partial charge in [-0.1, -0.05) is 42.5 Å². The minimum Gasteiger partial charge on any atom is -0.464 e. The first-order valence-corrected chi connectivity index (χ1v) is 7.06. The molecule has 0 aliphatic carbocycles. The van der Waals surface area contributed by atoms with E-state index in [1.165, 1.54) is 18.4 Å². The molecule has 1 aliphatic rings. The zero-order valence-electron chi connectivity index (χ0n) is 11.7. The van der Waals surface area contributed by atoms with Crippen LogP contribution in [0.3, 0.4) is 0 Å². The summed E-state index contributed by atoms with van der Waals surface area (Å²) >= 11 is 0. The van der Waals surface area contributed by atoms with Crippen LogP contribution in [0.2, 0.25) is 0 Å². The van der Waals surface area contributed by atoms with E-state index in [0.29, 0.717) is 11.3 Å². The van der Waals surface area contributed by atoms with E-state index in [-0.39, 0.29) is 5.82 Å². The van der Waals surface area contributed by atoms with Gasteiger partial charge in [0.05, 0.1) is 6.26 Å². The fraction of sp³-hybridized carbons (Fsp3) is 0.0526. The molecule has 0 saturated carbocycles. The predicted octanol–water partition coefficient (Wildman–Crippen LogP) is 4.45. The lowest BCUT2D eigenvalue weighted by Gasteiger charge is -2.24. The van der Waals surface area contributed by atoms with Crippen LogP contribution in [0.1, 0.15) is 17.2 Å². The van der Waals surface area contributed by atoms with Crippen LogP contribution in [0.15, 0.2) is 66.9 Å². The highest BCUT2D eigenvalue weighted by atomic mass is 19.1. The third-order valence-electron chi connectivity index (χ3n) is 3.99. The maximum Gasteiger partial charge on any atom is 0.133 e. The zero-order chi connectivity index (χ0) is 15.1. The molecule has 1 atom stereocenters. The van der Waals surface area contributed by atoms with Gasteiger partial charge in [-0.2, -0.15) is 0 Å². The Labute approximate surface area is 127 Å². The highest BCUT2D eigenvalue weighted by Crippen LogP contribution is 2.42. The Morgan fingerprint density at radius 2 is 1.68 bits per heavy atom. The summed E-state index contributed by atoms with van der Waals surface area (Å²) in [6, 6.07) is 17.7. The third kappa shape index (κ3) is 1.98. The van der Waals surface area contributed by atoms with Gasteiger partial charge < -0.3 is 9.84 Å². The number of hydrogen-bond donors (Lipinski definition) is 1. The summed E-state index contributed by atoms with van der Waals surface area (Å²) in [6.07, 6.45) is 0.731. The van der Waals surface area contributed by atoms with Crippen molar-refractivity contribution in [1.29, 1.82) is 0 Å². The number of hydrogen-bond acceptors (Lipinski definition) is 2. The molecule has 1 unspecified atom stereocenters. The van der Waals surface area contributed by atoms with E-state index in [9.17, 15) is 9.50 Å².